The highest BCUT2D eigenvalue weighted by molar-refractivity contribution is 7.20. The monoisotopic (exact) mass is 487 g/mol. The molecule has 2 aromatic carbocycles. The van der Waals surface area contributed by atoms with Gasteiger partial charge in [-0.2, -0.15) is 18.3 Å². The zero-order chi connectivity index (χ0) is 23.2. The number of nitrogens with one attached hydrogen (secondary N) is 1. The van der Waals surface area contributed by atoms with Crippen LogP contribution >= 0.6 is 22.9 Å². The van der Waals surface area contributed by atoms with Gasteiger partial charge in [0.25, 0.3) is 5.91 Å². The molecule has 33 heavy (non-hydrogen) atoms. The Hall–Kier alpha value is -3.63. The molecule has 0 atom stereocenters. The average Bonchev–Trinajstić information content (AvgIpc) is 3.50. The van der Waals surface area contributed by atoms with Crippen molar-refractivity contribution in [2.75, 3.05) is 5.32 Å². The number of aromatic nitrogens is 4. The summed E-state index contributed by atoms with van der Waals surface area (Å²) in [6.45, 7) is 0. The molecule has 0 spiro atoms. The molecule has 0 bridgehead atoms. The van der Waals surface area contributed by atoms with Gasteiger partial charge < -0.3 is 9.88 Å². The minimum absolute atomic E-state index is 0.118. The van der Waals surface area contributed by atoms with Crippen molar-refractivity contribution in [3.63, 3.8) is 0 Å². The van der Waals surface area contributed by atoms with E-state index in [-0.39, 0.29) is 15.1 Å². The van der Waals surface area contributed by atoms with Crippen LogP contribution < -0.4 is 5.32 Å². The highest BCUT2D eigenvalue weighted by Crippen LogP contribution is 2.39. The lowest BCUT2D eigenvalue weighted by Crippen LogP contribution is -2.11. The first-order valence-corrected chi connectivity index (χ1v) is 10.7. The molecule has 0 radical (unpaired) electrons. The molecule has 1 amide bonds. The fourth-order valence-corrected chi connectivity index (χ4v) is 4.67. The Balaban J connectivity index is 1.49. The molecule has 1 N–H and O–H groups in total. The van der Waals surface area contributed by atoms with Crippen LogP contribution in [-0.2, 0) is 6.18 Å². The van der Waals surface area contributed by atoms with Crippen molar-refractivity contribution in [3.05, 3.63) is 88.9 Å². The smallest absolute Gasteiger partial charge is 0.321 e. The number of anilines is 1. The van der Waals surface area contributed by atoms with Crippen LogP contribution in [0.3, 0.4) is 0 Å². The molecule has 3 aromatic heterocycles. The SMILES string of the molecule is O=C(Nc1ccc(-n2ccnc2)c(Cl)c1)c1cc2c(C(F)(F)F)nn(-c3ccccc3)c2s1. The van der Waals surface area contributed by atoms with Gasteiger partial charge >= 0.3 is 6.18 Å². The molecule has 0 saturated heterocycles. The summed E-state index contributed by atoms with van der Waals surface area (Å²) in [5, 5.41) is 6.70. The van der Waals surface area contributed by atoms with Crippen LogP contribution in [0.4, 0.5) is 18.9 Å². The summed E-state index contributed by atoms with van der Waals surface area (Å²) in [7, 11) is 0. The molecular weight excluding hydrogens is 475 g/mol. The zero-order valence-corrected chi connectivity index (χ0v) is 18.1. The molecular formula is C22H13ClF3N5OS. The van der Waals surface area contributed by atoms with Crippen LogP contribution in [0.15, 0.2) is 73.3 Å². The largest absolute Gasteiger partial charge is 0.435 e. The van der Waals surface area contributed by atoms with E-state index in [1.54, 1.807) is 71.8 Å². The fourth-order valence-electron chi connectivity index (χ4n) is 3.36. The van der Waals surface area contributed by atoms with Gasteiger partial charge in [-0.05, 0) is 36.4 Å². The van der Waals surface area contributed by atoms with Gasteiger partial charge in [0.15, 0.2) is 5.69 Å². The molecule has 6 nitrogen and oxygen atoms in total. The minimum Gasteiger partial charge on any atom is -0.321 e. The number of carbonyl (C=O) groups is 1. The summed E-state index contributed by atoms with van der Waals surface area (Å²) in [5.41, 5.74) is 0.511. The van der Waals surface area contributed by atoms with Crippen molar-refractivity contribution >= 4 is 44.7 Å². The van der Waals surface area contributed by atoms with E-state index < -0.39 is 17.8 Å². The zero-order valence-electron chi connectivity index (χ0n) is 16.5. The minimum atomic E-state index is -4.66. The number of rotatable bonds is 4. The molecule has 0 saturated carbocycles. The van der Waals surface area contributed by atoms with Gasteiger partial charge in [0, 0.05) is 23.5 Å². The van der Waals surface area contributed by atoms with E-state index >= 15 is 0 Å². The van der Waals surface area contributed by atoms with Gasteiger partial charge in [0.2, 0.25) is 0 Å². The van der Waals surface area contributed by atoms with Crippen LogP contribution in [-0.4, -0.2) is 25.2 Å². The third-order valence-electron chi connectivity index (χ3n) is 4.84. The number of hydrogen-bond donors (Lipinski definition) is 1. The van der Waals surface area contributed by atoms with Crippen LogP contribution in [0.5, 0.6) is 0 Å². The number of carbonyl (C=O) groups excluding carboxylic acids is 1. The van der Waals surface area contributed by atoms with Gasteiger partial charge in [-0.3, -0.25) is 4.79 Å². The summed E-state index contributed by atoms with van der Waals surface area (Å²) in [6, 6.07) is 14.6. The normalized spacial score (nSPS) is 11.8. The van der Waals surface area contributed by atoms with Gasteiger partial charge in [-0.1, -0.05) is 29.8 Å². The number of amides is 1. The van der Waals surface area contributed by atoms with E-state index in [1.807, 2.05) is 0 Å². The number of thiophene rings is 1. The van der Waals surface area contributed by atoms with Crippen molar-refractivity contribution in [3.8, 4) is 11.4 Å². The summed E-state index contributed by atoms with van der Waals surface area (Å²) < 4.78 is 43.8. The van der Waals surface area contributed by atoms with E-state index in [4.69, 9.17) is 11.6 Å². The molecule has 0 aliphatic carbocycles. The Morgan fingerprint density at radius 1 is 1.09 bits per heavy atom. The van der Waals surface area contributed by atoms with Crippen LogP contribution in [0.2, 0.25) is 5.02 Å². The van der Waals surface area contributed by atoms with Crippen LogP contribution in [0.1, 0.15) is 15.4 Å². The maximum atomic E-state index is 13.6. The van der Waals surface area contributed by atoms with E-state index in [9.17, 15) is 18.0 Å². The maximum absolute atomic E-state index is 13.6. The summed E-state index contributed by atoms with van der Waals surface area (Å²) in [5.74, 6) is -0.546. The van der Waals surface area contributed by atoms with Crippen molar-refractivity contribution in [2.24, 2.45) is 0 Å². The van der Waals surface area contributed by atoms with Crippen molar-refractivity contribution in [1.82, 2.24) is 19.3 Å². The summed E-state index contributed by atoms with van der Waals surface area (Å²) >= 11 is 7.25. The number of imidazole rings is 1. The van der Waals surface area contributed by atoms with Gasteiger partial charge in [-0.25, -0.2) is 9.67 Å². The Morgan fingerprint density at radius 3 is 2.55 bits per heavy atom. The lowest BCUT2D eigenvalue weighted by Gasteiger charge is -2.09. The van der Waals surface area contributed by atoms with E-state index in [1.165, 1.54) is 10.7 Å². The van der Waals surface area contributed by atoms with Crippen molar-refractivity contribution in [2.45, 2.75) is 6.18 Å². The highest BCUT2D eigenvalue weighted by Gasteiger charge is 2.38. The number of para-hydroxylation sites is 1. The number of halogens is 4. The number of fused-ring (bicyclic) bond motifs is 1. The molecule has 11 heteroatoms. The summed E-state index contributed by atoms with van der Waals surface area (Å²) in [4.78, 5) is 17.2. The quantitative estimate of drug-likeness (QED) is 0.328. The average molecular weight is 488 g/mol. The Bertz CT molecular complexity index is 1460. The molecule has 3 heterocycles. The van der Waals surface area contributed by atoms with Gasteiger partial charge in [0.1, 0.15) is 4.83 Å². The predicted molar refractivity (Wildman–Crippen MR) is 120 cm³/mol. The Kier molecular flexibility index (Phi) is 5.18. The first-order valence-electron chi connectivity index (χ1n) is 9.55. The van der Waals surface area contributed by atoms with Crippen LogP contribution in [0.25, 0.3) is 21.6 Å². The van der Waals surface area contributed by atoms with Gasteiger partial charge in [0.05, 0.1) is 27.6 Å². The number of nitrogens with zero attached hydrogens (tertiary/aromatic N) is 4. The number of benzene rings is 2. The third kappa shape index (κ3) is 3.98. The topological polar surface area (TPSA) is 64.7 Å². The maximum Gasteiger partial charge on any atom is 0.435 e. The Labute approximate surface area is 193 Å². The predicted octanol–water partition coefficient (Wildman–Crippen LogP) is 6.20. The number of hydrogen-bond acceptors (Lipinski definition) is 4. The third-order valence-corrected chi connectivity index (χ3v) is 6.25. The lowest BCUT2D eigenvalue weighted by atomic mass is 10.2. The second kappa shape index (κ2) is 8.05. The second-order valence-corrected chi connectivity index (χ2v) is 8.45. The molecule has 0 unspecified atom stereocenters. The molecule has 166 valence electrons. The molecule has 0 aliphatic rings. The standard InChI is InChI=1S/C22H13ClF3N5OS/c23-16-10-13(6-7-17(16)30-9-8-27-12-30)28-20(32)18-11-15-19(22(24,25)26)29-31(21(15)33-18)14-4-2-1-3-5-14/h1-12H,(H,28,32). The second-order valence-electron chi connectivity index (χ2n) is 7.01. The molecule has 0 fully saturated rings. The van der Waals surface area contributed by atoms with E-state index in [2.05, 4.69) is 15.4 Å². The number of alkyl halides is 3. The van der Waals surface area contributed by atoms with Gasteiger partial charge in [-0.15, -0.1) is 11.3 Å². The first kappa shape index (κ1) is 21.2. The fraction of sp³-hybridized carbons (Fsp3) is 0.0455. The highest BCUT2D eigenvalue weighted by atomic mass is 35.5. The molecule has 0 aliphatic heterocycles. The summed E-state index contributed by atoms with van der Waals surface area (Å²) in [6.07, 6.45) is 0.263. The molecule has 5 rings (SSSR count). The van der Waals surface area contributed by atoms with Crippen molar-refractivity contribution < 1.29 is 18.0 Å². The van der Waals surface area contributed by atoms with E-state index in [0.717, 1.165) is 11.3 Å². The van der Waals surface area contributed by atoms with Crippen molar-refractivity contribution in [1.29, 1.82) is 0 Å². The van der Waals surface area contributed by atoms with E-state index in [0.29, 0.717) is 22.1 Å². The van der Waals surface area contributed by atoms with Crippen LogP contribution in [0, 0.1) is 0 Å². The lowest BCUT2D eigenvalue weighted by molar-refractivity contribution is -0.140. The molecule has 5 aromatic rings. The Morgan fingerprint density at radius 2 is 1.88 bits per heavy atom. The first-order chi connectivity index (χ1) is 15.8.